The van der Waals surface area contributed by atoms with Crippen LogP contribution in [0, 0.1) is 5.92 Å². The lowest BCUT2D eigenvalue weighted by atomic mass is 9.63. The number of H-pyrrole nitrogens is 1. The van der Waals surface area contributed by atoms with Crippen molar-refractivity contribution in [3.63, 3.8) is 0 Å². The highest BCUT2D eigenvalue weighted by Crippen LogP contribution is 2.51. The van der Waals surface area contributed by atoms with E-state index < -0.39 is 5.54 Å². The van der Waals surface area contributed by atoms with Gasteiger partial charge in [0.15, 0.2) is 0 Å². The number of hydrogen-bond donors (Lipinski definition) is 1. The number of fused-ring (bicyclic) bond motifs is 4. The molecule has 2 unspecified atom stereocenters. The van der Waals surface area contributed by atoms with Gasteiger partial charge in [-0.15, -0.1) is 0 Å². The molecule has 2 atom stereocenters. The van der Waals surface area contributed by atoms with Gasteiger partial charge in [-0.1, -0.05) is 35.9 Å². The summed E-state index contributed by atoms with van der Waals surface area (Å²) in [4.78, 5) is 22.5. The van der Waals surface area contributed by atoms with Crippen molar-refractivity contribution in [2.45, 2.75) is 46.1 Å². The van der Waals surface area contributed by atoms with Crippen LogP contribution in [0.25, 0.3) is 6.08 Å². The molecule has 0 aliphatic heterocycles. The molecule has 2 aliphatic rings. The Morgan fingerprint density at radius 3 is 2.59 bits per heavy atom. The van der Waals surface area contributed by atoms with Crippen LogP contribution in [-0.4, -0.2) is 24.3 Å². The van der Waals surface area contributed by atoms with Crippen LogP contribution in [0.3, 0.4) is 0 Å². The third-order valence-corrected chi connectivity index (χ3v) is 6.77. The summed E-state index contributed by atoms with van der Waals surface area (Å²) in [5.74, 6) is 0.285. The monoisotopic (exact) mass is 427 g/mol. The number of nitrogens with one attached hydrogen (secondary N) is 1. The molecule has 0 saturated heterocycles. The lowest BCUT2D eigenvalue weighted by Gasteiger charge is -2.45. The molecular formula is C28H33N3O. The van der Waals surface area contributed by atoms with E-state index in [9.17, 15) is 4.79 Å². The van der Waals surface area contributed by atoms with Crippen molar-refractivity contribution in [3.05, 3.63) is 92.9 Å². The maximum Gasteiger partial charge on any atom is 0.248 e. The molecule has 1 heterocycles. The predicted molar refractivity (Wildman–Crippen MR) is 136 cm³/mol. The first-order valence-electron chi connectivity index (χ1n) is 11.6. The molecule has 0 spiro atoms. The minimum atomic E-state index is -0.438. The Kier molecular flexibility index (Phi) is 6.31. The van der Waals surface area contributed by atoms with Gasteiger partial charge in [0.25, 0.3) is 0 Å². The van der Waals surface area contributed by atoms with Gasteiger partial charge in [0.05, 0.1) is 0 Å². The van der Waals surface area contributed by atoms with Crippen LogP contribution in [0.2, 0.25) is 0 Å². The Bertz CT molecular complexity index is 1150. The number of allylic oxidation sites excluding steroid dienone is 3. The van der Waals surface area contributed by atoms with Gasteiger partial charge in [-0.25, -0.2) is 0 Å². The van der Waals surface area contributed by atoms with Gasteiger partial charge in [0.2, 0.25) is 5.56 Å². The molecule has 4 nitrogen and oxygen atoms in total. The highest BCUT2D eigenvalue weighted by molar-refractivity contribution is 5.79. The fraction of sp³-hybridized carbons (Fsp3) is 0.357. The number of pyridine rings is 1. The Morgan fingerprint density at radius 2 is 1.91 bits per heavy atom. The van der Waals surface area contributed by atoms with Crippen LogP contribution < -0.4 is 10.5 Å². The second-order valence-electron chi connectivity index (χ2n) is 8.72. The quantitative estimate of drug-likeness (QED) is 0.477. The van der Waals surface area contributed by atoms with Crippen molar-refractivity contribution in [1.29, 1.82) is 0 Å². The normalized spacial score (nSPS) is 23.6. The SMILES string of the molecule is C/C=C1\C2C=C(C)CC1(N=C/C=C/c1ccc(N(CC)CC)cc1)c1ccc(=O)[nH]c1C2. The molecule has 0 fully saturated rings. The van der Waals surface area contributed by atoms with Crippen molar-refractivity contribution in [3.8, 4) is 0 Å². The first kappa shape index (κ1) is 22.1. The number of nitrogens with zero attached hydrogens (tertiary/aromatic N) is 2. The van der Waals surface area contributed by atoms with E-state index in [1.54, 1.807) is 6.07 Å². The standard InChI is InChI=1S/C28H33N3O/c1-5-24-22-17-20(4)19-28(24,25-14-15-27(32)30-26(25)18-22)29-16-8-9-21-10-12-23(13-11-21)31(6-2)7-3/h5,8-17,22H,6-7,18-19H2,1-4H3,(H,30,32)/b9-8+,24-5+,29-16?. The van der Waals surface area contributed by atoms with Crippen molar-refractivity contribution in [1.82, 2.24) is 4.98 Å². The van der Waals surface area contributed by atoms with Crippen molar-refractivity contribution < 1.29 is 0 Å². The van der Waals surface area contributed by atoms with Crippen LogP contribution in [0.15, 0.2) is 75.6 Å². The van der Waals surface area contributed by atoms with Gasteiger partial charge in [0.1, 0.15) is 5.54 Å². The van der Waals surface area contributed by atoms with Crippen molar-refractivity contribution in [2.75, 3.05) is 18.0 Å². The fourth-order valence-electron chi connectivity index (χ4n) is 5.36. The van der Waals surface area contributed by atoms with Crippen molar-refractivity contribution in [2.24, 2.45) is 10.9 Å². The predicted octanol–water partition coefficient (Wildman–Crippen LogP) is 5.67. The van der Waals surface area contributed by atoms with E-state index in [4.69, 9.17) is 4.99 Å². The molecule has 2 aromatic rings. The Balaban J connectivity index is 1.64. The minimum Gasteiger partial charge on any atom is -0.372 e. The highest BCUT2D eigenvalue weighted by Gasteiger charge is 2.46. The molecule has 4 heteroatoms. The molecule has 4 rings (SSSR count). The summed E-state index contributed by atoms with van der Waals surface area (Å²) in [5, 5.41) is 0. The van der Waals surface area contributed by atoms with Gasteiger partial charge < -0.3 is 9.88 Å². The molecule has 1 N–H and O–H groups in total. The van der Waals surface area contributed by atoms with E-state index in [0.29, 0.717) is 0 Å². The molecule has 0 radical (unpaired) electrons. The van der Waals surface area contributed by atoms with Gasteiger partial charge in [-0.3, -0.25) is 9.79 Å². The van der Waals surface area contributed by atoms with E-state index in [1.807, 2.05) is 18.4 Å². The summed E-state index contributed by atoms with van der Waals surface area (Å²) in [6, 6.07) is 12.3. The third-order valence-electron chi connectivity index (χ3n) is 6.77. The summed E-state index contributed by atoms with van der Waals surface area (Å²) < 4.78 is 0. The molecule has 0 amide bonds. The molecule has 32 heavy (non-hydrogen) atoms. The summed E-state index contributed by atoms with van der Waals surface area (Å²) >= 11 is 0. The first-order chi connectivity index (χ1) is 15.5. The lowest BCUT2D eigenvalue weighted by molar-refractivity contribution is 0.413. The zero-order chi connectivity index (χ0) is 22.7. The molecule has 166 valence electrons. The molecule has 1 aromatic carbocycles. The number of rotatable bonds is 6. The molecule has 2 aliphatic carbocycles. The van der Waals surface area contributed by atoms with E-state index >= 15 is 0 Å². The zero-order valence-electron chi connectivity index (χ0n) is 19.6. The Morgan fingerprint density at radius 1 is 1.16 bits per heavy atom. The summed E-state index contributed by atoms with van der Waals surface area (Å²) in [6.45, 7) is 10.7. The average Bonchev–Trinajstić information content (AvgIpc) is 2.78. The highest BCUT2D eigenvalue weighted by atomic mass is 16.1. The smallest absolute Gasteiger partial charge is 0.248 e. The summed E-state index contributed by atoms with van der Waals surface area (Å²) in [5.41, 5.74) is 6.75. The second-order valence-corrected chi connectivity index (χ2v) is 8.72. The van der Waals surface area contributed by atoms with Gasteiger partial charge in [-0.2, -0.15) is 0 Å². The van der Waals surface area contributed by atoms with E-state index in [0.717, 1.165) is 42.8 Å². The zero-order valence-corrected chi connectivity index (χ0v) is 19.6. The van der Waals surface area contributed by atoms with Crippen LogP contribution in [-0.2, 0) is 12.0 Å². The topological polar surface area (TPSA) is 48.5 Å². The number of benzene rings is 1. The van der Waals surface area contributed by atoms with Crippen molar-refractivity contribution >= 4 is 18.0 Å². The minimum absolute atomic E-state index is 0.0429. The fourth-order valence-corrected chi connectivity index (χ4v) is 5.36. The van der Waals surface area contributed by atoms with Gasteiger partial charge >= 0.3 is 0 Å². The number of hydrogen-bond acceptors (Lipinski definition) is 3. The van der Waals surface area contributed by atoms with Gasteiger partial charge in [-0.05, 0) is 69.5 Å². The summed E-state index contributed by atoms with van der Waals surface area (Å²) in [7, 11) is 0. The molecule has 1 aromatic heterocycles. The maximum atomic E-state index is 12.0. The first-order valence-corrected chi connectivity index (χ1v) is 11.6. The largest absolute Gasteiger partial charge is 0.372 e. The second kappa shape index (κ2) is 9.15. The molecular weight excluding hydrogens is 394 g/mol. The lowest BCUT2D eigenvalue weighted by Crippen LogP contribution is -2.40. The number of anilines is 1. The van der Waals surface area contributed by atoms with Crippen LogP contribution in [0.5, 0.6) is 0 Å². The maximum absolute atomic E-state index is 12.0. The van der Waals surface area contributed by atoms with Crippen LogP contribution >= 0.6 is 0 Å². The third kappa shape index (κ3) is 4.02. The molecule has 0 saturated carbocycles. The molecule has 2 bridgehead atoms. The van der Waals surface area contributed by atoms with Gasteiger partial charge in [0, 0.05) is 54.7 Å². The number of aromatic nitrogens is 1. The van der Waals surface area contributed by atoms with E-state index in [2.05, 4.69) is 80.1 Å². The van der Waals surface area contributed by atoms with E-state index in [1.165, 1.54) is 16.8 Å². The Labute approximate surface area is 191 Å². The van der Waals surface area contributed by atoms with Crippen LogP contribution in [0.4, 0.5) is 5.69 Å². The Hall–Kier alpha value is -3.14. The van der Waals surface area contributed by atoms with E-state index in [-0.39, 0.29) is 11.5 Å². The number of aromatic amines is 1. The average molecular weight is 428 g/mol. The van der Waals surface area contributed by atoms with Crippen LogP contribution in [0.1, 0.15) is 50.9 Å². The number of aliphatic imine (C=N–C) groups is 1. The summed E-state index contributed by atoms with van der Waals surface area (Å²) in [6.07, 6.45) is 12.3.